The lowest BCUT2D eigenvalue weighted by molar-refractivity contribution is -0.126. The molecule has 3 nitrogen and oxygen atoms in total. The standard InChI is InChI=1S/C32H28F8N2OS/c1-6-25(31(35,36)37)14-27(44-5)13-19(2)22-7-9-23(10-8-22)30(16-28(20(3)17-41)32(38,39)40)42(21(4)43)18-24-11-12-26(33)15-29(24)34/h6-16H,18H2,1-5H3/b19-13+,25-6+,27-14+,28-20-,30-16-. The first-order valence-corrected chi connectivity index (χ1v) is 14.1. The minimum absolute atomic E-state index is 0.0839. The molecule has 44 heavy (non-hydrogen) atoms. The fourth-order valence-electron chi connectivity index (χ4n) is 3.95. The monoisotopic (exact) mass is 640 g/mol. The highest BCUT2D eigenvalue weighted by molar-refractivity contribution is 8.02. The van der Waals surface area contributed by atoms with E-state index in [1.807, 2.05) is 0 Å². The molecule has 0 bridgehead atoms. The van der Waals surface area contributed by atoms with Crippen molar-refractivity contribution in [2.24, 2.45) is 0 Å². The van der Waals surface area contributed by atoms with Crippen LogP contribution in [0.15, 0.2) is 88.4 Å². The average molecular weight is 641 g/mol. The Morgan fingerprint density at radius 1 is 0.909 bits per heavy atom. The lowest BCUT2D eigenvalue weighted by Gasteiger charge is -2.26. The van der Waals surface area contributed by atoms with Gasteiger partial charge in [-0.3, -0.25) is 4.79 Å². The van der Waals surface area contributed by atoms with Crippen LogP contribution in [0, 0.1) is 23.0 Å². The molecule has 0 aromatic heterocycles. The molecule has 2 rings (SSSR count). The quantitative estimate of drug-likeness (QED) is 0.156. The Bertz CT molecular complexity index is 1570. The van der Waals surface area contributed by atoms with Crippen molar-refractivity contribution in [3.63, 3.8) is 0 Å². The summed E-state index contributed by atoms with van der Waals surface area (Å²) in [6.45, 7) is 4.36. The maximum atomic E-state index is 14.5. The first-order valence-electron chi connectivity index (χ1n) is 12.8. The summed E-state index contributed by atoms with van der Waals surface area (Å²) >= 11 is 1.08. The zero-order valence-corrected chi connectivity index (χ0v) is 25.1. The molecular weight excluding hydrogens is 612 g/mol. The normalized spacial score (nSPS) is 14.3. The van der Waals surface area contributed by atoms with Crippen LogP contribution in [0.5, 0.6) is 0 Å². The lowest BCUT2D eigenvalue weighted by atomic mass is 10.00. The van der Waals surface area contributed by atoms with Gasteiger partial charge in [-0.05, 0) is 68.0 Å². The second kappa shape index (κ2) is 15.1. The third-order valence-corrected chi connectivity index (χ3v) is 7.05. The van der Waals surface area contributed by atoms with Crippen LogP contribution in [0.1, 0.15) is 44.4 Å². The SMILES string of the molecule is C\C=C(/C=C(\C=C(/C)c1ccc(/C(=C/C(=C(\C)C#N)C(F)(F)F)N(Cc2ccc(F)cc2F)C(C)=O)cc1)SC)C(F)(F)F. The van der Waals surface area contributed by atoms with Crippen molar-refractivity contribution in [1.29, 1.82) is 5.26 Å². The molecular formula is C32H28F8N2OS. The molecule has 0 heterocycles. The molecule has 0 atom stereocenters. The molecule has 0 aliphatic carbocycles. The highest BCUT2D eigenvalue weighted by atomic mass is 32.2. The number of carbonyl (C=O) groups excluding carboxylic acids is 1. The first-order chi connectivity index (χ1) is 20.4. The van der Waals surface area contributed by atoms with Crippen LogP contribution < -0.4 is 0 Å². The maximum absolute atomic E-state index is 14.5. The molecule has 234 valence electrons. The van der Waals surface area contributed by atoms with Crippen molar-refractivity contribution in [1.82, 2.24) is 4.90 Å². The van der Waals surface area contributed by atoms with Gasteiger partial charge in [0, 0.05) is 29.0 Å². The number of rotatable bonds is 9. The number of carbonyl (C=O) groups is 1. The Morgan fingerprint density at radius 2 is 1.50 bits per heavy atom. The number of alkyl halides is 6. The molecule has 0 spiro atoms. The van der Waals surface area contributed by atoms with Gasteiger partial charge in [-0.1, -0.05) is 36.4 Å². The summed E-state index contributed by atoms with van der Waals surface area (Å²) in [6, 6.07) is 9.81. The summed E-state index contributed by atoms with van der Waals surface area (Å²) in [6.07, 6.45) is -3.86. The van der Waals surface area contributed by atoms with E-state index in [1.54, 1.807) is 13.2 Å². The van der Waals surface area contributed by atoms with E-state index in [4.69, 9.17) is 0 Å². The van der Waals surface area contributed by atoms with Crippen molar-refractivity contribution in [2.45, 2.75) is 46.6 Å². The fraction of sp³-hybridized carbons (Fsp3) is 0.250. The van der Waals surface area contributed by atoms with Crippen LogP contribution >= 0.6 is 11.8 Å². The second-order valence-corrected chi connectivity index (χ2v) is 10.3. The zero-order valence-electron chi connectivity index (χ0n) is 24.3. The van der Waals surface area contributed by atoms with E-state index in [9.17, 15) is 45.2 Å². The number of benzene rings is 2. The van der Waals surface area contributed by atoms with Crippen LogP contribution in [0.4, 0.5) is 35.1 Å². The number of amides is 1. The Kier molecular flexibility index (Phi) is 12.3. The maximum Gasteiger partial charge on any atom is 0.417 e. The Balaban J connectivity index is 2.72. The van der Waals surface area contributed by atoms with Gasteiger partial charge in [0.15, 0.2) is 0 Å². The molecule has 2 aromatic carbocycles. The van der Waals surface area contributed by atoms with Crippen molar-refractivity contribution in [3.05, 3.63) is 117 Å². The Labute approximate surface area is 254 Å². The van der Waals surface area contributed by atoms with E-state index in [-0.39, 0.29) is 16.8 Å². The van der Waals surface area contributed by atoms with Crippen molar-refractivity contribution in [2.75, 3.05) is 6.26 Å². The number of allylic oxidation sites excluding steroid dienone is 8. The van der Waals surface area contributed by atoms with Gasteiger partial charge in [0.25, 0.3) is 0 Å². The predicted octanol–water partition coefficient (Wildman–Crippen LogP) is 9.92. The number of hydrogen-bond donors (Lipinski definition) is 0. The molecule has 0 saturated carbocycles. The lowest BCUT2D eigenvalue weighted by Crippen LogP contribution is -2.28. The average Bonchev–Trinajstić information content (AvgIpc) is 2.94. The van der Waals surface area contributed by atoms with E-state index in [0.29, 0.717) is 28.2 Å². The molecule has 0 aliphatic heterocycles. The van der Waals surface area contributed by atoms with Crippen molar-refractivity contribution in [3.8, 4) is 6.07 Å². The van der Waals surface area contributed by atoms with E-state index in [2.05, 4.69) is 0 Å². The third kappa shape index (κ3) is 9.71. The van der Waals surface area contributed by atoms with Crippen molar-refractivity contribution < 1.29 is 39.9 Å². The molecule has 2 aromatic rings. The summed E-state index contributed by atoms with van der Waals surface area (Å²) in [4.78, 5) is 13.9. The summed E-state index contributed by atoms with van der Waals surface area (Å²) < 4.78 is 110. The largest absolute Gasteiger partial charge is 0.417 e. The van der Waals surface area contributed by atoms with Gasteiger partial charge >= 0.3 is 12.4 Å². The number of nitrogens with zero attached hydrogens (tertiary/aromatic N) is 2. The number of halogens is 8. The molecule has 0 aliphatic rings. The van der Waals surface area contributed by atoms with Crippen LogP contribution in [0.25, 0.3) is 11.3 Å². The zero-order chi connectivity index (χ0) is 33.4. The third-order valence-electron chi connectivity index (χ3n) is 6.34. The van der Waals surface area contributed by atoms with Gasteiger partial charge in [0.2, 0.25) is 5.91 Å². The number of hydrogen-bond acceptors (Lipinski definition) is 3. The molecule has 0 N–H and O–H groups in total. The van der Waals surface area contributed by atoms with Crippen LogP contribution in [0.3, 0.4) is 0 Å². The Morgan fingerprint density at radius 3 is 1.95 bits per heavy atom. The topological polar surface area (TPSA) is 44.1 Å². The van der Waals surface area contributed by atoms with E-state index >= 15 is 0 Å². The minimum atomic E-state index is -4.99. The molecule has 0 unspecified atom stereocenters. The number of thioether (sulfide) groups is 1. The highest BCUT2D eigenvalue weighted by Crippen LogP contribution is 2.35. The predicted molar refractivity (Wildman–Crippen MR) is 156 cm³/mol. The van der Waals surface area contributed by atoms with Gasteiger partial charge in [0.05, 0.1) is 29.5 Å². The summed E-state index contributed by atoms with van der Waals surface area (Å²) in [5.74, 6) is -2.67. The van der Waals surface area contributed by atoms with Gasteiger partial charge in [0.1, 0.15) is 11.6 Å². The van der Waals surface area contributed by atoms with Gasteiger partial charge in [-0.15, -0.1) is 11.8 Å². The van der Waals surface area contributed by atoms with Crippen LogP contribution in [-0.2, 0) is 11.3 Å². The molecule has 1 amide bonds. The number of nitriles is 1. The summed E-state index contributed by atoms with van der Waals surface area (Å²) in [5.41, 5.74) is -2.20. The smallest absolute Gasteiger partial charge is 0.308 e. The second-order valence-electron chi connectivity index (χ2n) is 9.42. The van der Waals surface area contributed by atoms with Crippen molar-refractivity contribution >= 4 is 28.9 Å². The van der Waals surface area contributed by atoms with Gasteiger partial charge in [-0.2, -0.15) is 31.6 Å². The molecule has 12 heteroatoms. The molecule has 0 saturated heterocycles. The van der Waals surface area contributed by atoms with E-state index in [0.717, 1.165) is 54.8 Å². The highest BCUT2D eigenvalue weighted by Gasteiger charge is 2.35. The molecule has 0 radical (unpaired) electrons. The summed E-state index contributed by atoms with van der Waals surface area (Å²) in [7, 11) is 0. The van der Waals surface area contributed by atoms with Crippen LogP contribution in [-0.4, -0.2) is 29.4 Å². The van der Waals surface area contributed by atoms with Gasteiger partial charge in [-0.25, -0.2) is 8.78 Å². The molecule has 0 fully saturated rings. The van der Waals surface area contributed by atoms with E-state index in [1.165, 1.54) is 43.3 Å². The fourth-order valence-corrected chi connectivity index (χ4v) is 4.48. The first kappa shape index (κ1) is 36.1. The minimum Gasteiger partial charge on any atom is -0.308 e. The van der Waals surface area contributed by atoms with Gasteiger partial charge < -0.3 is 4.90 Å². The summed E-state index contributed by atoms with van der Waals surface area (Å²) in [5, 5.41) is 9.22. The Hall–Kier alpha value is -4.11. The van der Waals surface area contributed by atoms with E-state index < -0.39 is 53.2 Å². The van der Waals surface area contributed by atoms with Crippen LogP contribution in [0.2, 0.25) is 0 Å².